The van der Waals surface area contributed by atoms with Gasteiger partial charge in [-0.15, -0.1) is 0 Å². The highest BCUT2D eigenvalue weighted by molar-refractivity contribution is 6.29. The van der Waals surface area contributed by atoms with Gasteiger partial charge in [-0.05, 0) is 18.1 Å². The van der Waals surface area contributed by atoms with E-state index in [1.807, 2.05) is 4.90 Å². The number of halogens is 1. The molecule has 1 aromatic heterocycles. The topological polar surface area (TPSA) is 36.4 Å². The number of hydrogen-bond donors (Lipinski definition) is 0. The maximum absolute atomic E-state index is 12.3. The summed E-state index contributed by atoms with van der Waals surface area (Å²) in [7, 11) is 0. The third kappa shape index (κ3) is 3.91. The predicted molar refractivity (Wildman–Crippen MR) is 76.4 cm³/mol. The van der Waals surface area contributed by atoms with E-state index in [2.05, 4.69) is 23.7 Å². The fraction of sp³-hybridized carbons (Fsp3) is 0.571. The van der Waals surface area contributed by atoms with Crippen molar-refractivity contribution in [3.8, 4) is 0 Å². The quantitative estimate of drug-likeness (QED) is 0.797. The zero-order valence-electron chi connectivity index (χ0n) is 11.5. The van der Waals surface area contributed by atoms with E-state index in [9.17, 15) is 4.79 Å². The molecule has 4 nitrogen and oxygen atoms in total. The second-order valence-electron chi connectivity index (χ2n) is 5.35. The largest absolute Gasteiger partial charge is 0.336 e. The van der Waals surface area contributed by atoms with Gasteiger partial charge in [0.2, 0.25) is 0 Å². The number of rotatable bonds is 3. The van der Waals surface area contributed by atoms with Crippen molar-refractivity contribution in [3.05, 3.63) is 29.0 Å². The Morgan fingerprint density at radius 2 is 2.05 bits per heavy atom. The molecule has 104 valence electrons. The first-order chi connectivity index (χ1) is 9.06. The molecule has 19 heavy (non-hydrogen) atoms. The summed E-state index contributed by atoms with van der Waals surface area (Å²) < 4.78 is 0. The number of nitrogens with zero attached hydrogens (tertiary/aromatic N) is 3. The Labute approximate surface area is 119 Å². The van der Waals surface area contributed by atoms with Gasteiger partial charge in [-0.25, -0.2) is 4.98 Å². The lowest BCUT2D eigenvalue weighted by Crippen LogP contribution is -2.49. The summed E-state index contributed by atoms with van der Waals surface area (Å²) in [6, 6.07) is 3.35. The van der Waals surface area contributed by atoms with Crippen molar-refractivity contribution in [2.24, 2.45) is 5.92 Å². The van der Waals surface area contributed by atoms with Crippen LogP contribution in [0.25, 0.3) is 0 Å². The van der Waals surface area contributed by atoms with E-state index >= 15 is 0 Å². The minimum absolute atomic E-state index is 0.0495. The Hall–Kier alpha value is -1.13. The summed E-state index contributed by atoms with van der Waals surface area (Å²) in [6.07, 6.45) is 1.57. The smallest absolute Gasteiger partial charge is 0.254 e. The first-order valence-corrected chi connectivity index (χ1v) is 7.07. The molecule has 1 saturated heterocycles. The summed E-state index contributed by atoms with van der Waals surface area (Å²) >= 11 is 5.82. The molecule has 0 saturated carbocycles. The van der Waals surface area contributed by atoms with Crippen molar-refractivity contribution in [1.82, 2.24) is 14.8 Å². The van der Waals surface area contributed by atoms with Gasteiger partial charge in [0.25, 0.3) is 5.91 Å². The number of aromatic nitrogens is 1. The first-order valence-electron chi connectivity index (χ1n) is 6.69. The third-order valence-electron chi connectivity index (χ3n) is 3.26. The van der Waals surface area contributed by atoms with Gasteiger partial charge in [0, 0.05) is 44.5 Å². The molecule has 1 aliphatic rings. The van der Waals surface area contributed by atoms with Crippen LogP contribution in [0.4, 0.5) is 0 Å². The molecular formula is C14H20ClN3O. The van der Waals surface area contributed by atoms with Gasteiger partial charge in [-0.3, -0.25) is 9.69 Å². The van der Waals surface area contributed by atoms with Gasteiger partial charge in [0.15, 0.2) is 0 Å². The van der Waals surface area contributed by atoms with Crippen LogP contribution >= 0.6 is 11.6 Å². The van der Waals surface area contributed by atoms with Crippen molar-refractivity contribution in [2.45, 2.75) is 13.8 Å². The number of carbonyl (C=O) groups excluding carboxylic acids is 1. The molecule has 0 radical (unpaired) electrons. The number of carbonyl (C=O) groups is 1. The average molecular weight is 282 g/mol. The van der Waals surface area contributed by atoms with Crippen LogP contribution < -0.4 is 0 Å². The maximum Gasteiger partial charge on any atom is 0.254 e. The lowest BCUT2D eigenvalue weighted by atomic mass is 10.1. The second kappa shape index (κ2) is 6.35. The molecule has 1 aliphatic heterocycles. The highest BCUT2D eigenvalue weighted by atomic mass is 35.5. The average Bonchev–Trinajstić information content (AvgIpc) is 2.38. The van der Waals surface area contributed by atoms with Gasteiger partial charge in [-0.2, -0.15) is 0 Å². The monoisotopic (exact) mass is 281 g/mol. The lowest BCUT2D eigenvalue weighted by Gasteiger charge is -2.35. The number of piperazine rings is 1. The highest BCUT2D eigenvalue weighted by Gasteiger charge is 2.22. The molecule has 0 aromatic carbocycles. The molecular weight excluding hydrogens is 262 g/mol. The standard InChI is InChI=1S/C14H20ClN3O/c1-11(2)10-17-5-7-18(8-6-17)14(19)12-3-4-16-13(15)9-12/h3-4,9,11H,5-8,10H2,1-2H3. The molecule has 1 amide bonds. The van der Waals surface area contributed by atoms with E-state index in [1.165, 1.54) is 0 Å². The normalized spacial score (nSPS) is 16.9. The van der Waals surface area contributed by atoms with E-state index in [0.29, 0.717) is 16.6 Å². The molecule has 1 fully saturated rings. The van der Waals surface area contributed by atoms with Crippen molar-refractivity contribution in [3.63, 3.8) is 0 Å². The predicted octanol–water partition coefficient (Wildman–Crippen LogP) is 2.15. The summed E-state index contributed by atoms with van der Waals surface area (Å²) in [5.41, 5.74) is 0.623. The van der Waals surface area contributed by atoms with E-state index in [-0.39, 0.29) is 5.91 Å². The summed E-state index contributed by atoms with van der Waals surface area (Å²) in [4.78, 5) is 20.5. The van der Waals surface area contributed by atoms with Gasteiger partial charge in [-0.1, -0.05) is 25.4 Å². The number of pyridine rings is 1. The summed E-state index contributed by atoms with van der Waals surface area (Å²) in [6.45, 7) is 9.00. The SMILES string of the molecule is CC(C)CN1CCN(C(=O)c2ccnc(Cl)c2)CC1. The van der Waals surface area contributed by atoms with E-state index < -0.39 is 0 Å². The number of hydrogen-bond acceptors (Lipinski definition) is 3. The van der Waals surface area contributed by atoms with E-state index in [0.717, 1.165) is 32.7 Å². The zero-order chi connectivity index (χ0) is 13.8. The van der Waals surface area contributed by atoms with E-state index in [4.69, 9.17) is 11.6 Å². The Morgan fingerprint density at radius 1 is 1.37 bits per heavy atom. The van der Waals surface area contributed by atoms with E-state index in [1.54, 1.807) is 18.3 Å². The molecule has 0 aliphatic carbocycles. The zero-order valence-corrected chi connectivity index (χ0v) is 12.2. The molecule has 0 spiro atoms. The van der Waals surface area contributed by atoms with Crippen LogP contribution in [0.1, 0.15) is 24.2 Å². The van der Waals surface area contributed by atoms with Gasteiger partial charge < -0.3 is 4.90 Å². The fourth-order valence-electron chi connectivity index (χ4n) is 2.37. The fourth-order valence-corrected chi connectivity index (χ4v) is 2.54. The maximum atomic E-state index is 12.3. The van der Waals surface area contributed by atoms with Gasteiger partial charge in [0.05, 0.1) is 0 Å². The Kier molecular flexibility index (Phi) is 4.77. The molecule has 0 N–H and O–H groups in total. The molecule has 2 rings (SSSR count). The minimum Gasteiger partial charge on any atom is -0.336 e. The highest BCUT2D eigenvalue weighted by Crippen LogP contribution is 2.12. The van der Waals surface area contributed by atoms with Crippen LogP contribution in [0.15, 0.2) is 18.3 Å². The summed E-state index contributed by atoms with van der Waals surface area (Å²) in [5.74, 6) is 0.717. The molecule has 0 atom stereocenters. The Bertz CT molecular complexity index is 442. The Morgan fingerprint density at radius 3 is 2.63 bits per heavy atom. The second-order valence-corrected chi connectivity index (χ2v) is 5.74. The molecule has 5 heteroatoms. The van der Waals surface area contributed by atoms with Crippen molar-refractivity contribution >= 4 is 17.5 Å². The van der Waals surface area contributed by atoms with Crippen molar-refractivity contribution in [1.29, 1.82) is 0 Å². The number of amides is 1. The minimum atomic E-state index is 0.0495. The van der Waals surface area contributed by atoms with Crippen LogP contribution in [-0.2, 0) is 0 Å². The lowest BCUT2D eigenvalue weighted by molar-refractivity contribution is 0.0623. The molecule has 1 aromatic rings. The van der Waals surface area contributed by atoms with Crippen LogP contribution in [0.3, 0.4) is 0 Å². The van der Waals surface area contributed by atoms with Gasteiger partial charge in [0.1, 0.15) is 5.15 Å². The van der Waals surface area contributed by atoms with Crippen LogP contribution in [-0.4, -0.2) is 53.4 Å². The first kappa shape index (κ1) is 14.3. The van der Waals surface area contributed by atoms with Gasteiger partial charge >= 0.3 is 0 Å². The van der Waals surface area contributed by atoms with Crippen molar-refractivity contribution in [2.75, 3.05) is 32.7 Å². The van der Waals surface area contributed by atoms with Crippen LogP contribution in [0.5, 0.6) is 0 Å². The molecule has 0 bridgehead atoms. The summed E-state index contributed by atoms with van der Waals surface area (Å²) in [5, 5.41) is 0.365. The molecule has 0 unspecified atom stereocenters. The van der Waals surface area contributed by atoms with Crippen molar-refractivity contribution < 1.29 is 4.79 Å². The van der Waals surface area contributed by atoms with Crippen LogP contribution in [0, 0.1) is 5.92 Å². The Balaban J connectivity index is 1.92. The third-order valence-corrected chi connectivity index (χ3v) is 3.46. The van der Waals surface area contributed by atoms with Crippen LogP contribution in [0.2, 0.25) is 5.15 Å². The molecule has 2 heterocycles.